The maximum Gasteiger partial charge on any atom is 0.186 e. The lowest BCUT2D eigenvalue weighted by Gasteiger charge is -2.05. The summed E-state index contributed by atoms with van der Waals surface area (Å²) in [4.78, 5) is 15.1. The van der Waals surface area contributed by atoms with E-state index in [4.69, 9.17) is 0 Å². The van der Waals surface area contributed by atoms with Gasteiger partial charge in [0.25, 0.3) is 0 Å². The van der Waals surface area contributed by atoms with E-state index in [1.807, 2.05) is 7.05 Å². The maximum atomic E-state index is 11.0. The van der Waals surface area contributed by atoms with Gasteiger partial charge in [-0.1, -0.05) is 11.8 Å². The number of hydrogen-bond acceptors (Lipinski definition) is 4. The van der Waals surface area contributed by atoms with Crippen molar-refractivity contribution in [3.05, 3.63) is 6.33 Å². The van der Waals surface area contributed by atoms with Gasteiger partial charge in [-0.2, -0.15) is 5.10 Å². The molecule has 1 aliphatic carbocycles. The Labute approximate surface area is 80.7 Å². The van der Waals surface area contributed by atoms with Gasteiger partial charge in [-0.15, -0.1) is 0 Å². The highest BCUT2D eigenvalue weighted by Gasteiger charge is 2.24. The molecule has 5 heteroatoms. The minimum absolute atomic E-state index is 0.375. The molecule has 1 aromatic rings. The highest BCUT2D eigenvalue weighted by atomic mass is 32.2. The number of ketones is 1. The molecule has 0 N–H and O–H groups in total. The van der Waals surface area contributed by atoms with Crippen molar-refractivity contribution in [2.75, 3.05) is 0 Å². The quantitative estimate of drug-likeness (QED) is 0.710. The molecule has 4 nitrogen and oxygen atoms in total. The third kappa shape index (κ3) is 1.91. The molecule has 1 atom stereocenters. The standard InChI is InChI=1S/C8H11N3OS/c1-11-8(9-5-10-11)13-7-3-2-6(12)4-7/h5,7H,2-4H2,1H3. The Balaban J connectivity index is 1.99. The Bertz CT molecular complexity index is 323. The van der Waals surface area contributed by atoms with Gasteiger partial charge in [0.15, 0.2) is 5.16 Å². The number of thioether (sulfide) groups is 1. The van der Waals surface area contributed by atoms with E-state index in [1.165, 1.54) is 0 Å². The van der Waals surface area contributed by atoms with Crippen molar-refractivity contribution >= 4 is 17.5 Å². The highest BCUT2D eigenvalue weighted by molar-refractivity contribution is 7.99. The van der Waals surface area contributed by atoms with E-state index in [-0.39, 0.29) is 0 Å². The molecule has 1 fully saturated rings. The summed E-state index contributed by atoms with van der Waals surface area (Å²) in [5.41, 5.74) is 0. The van der Waals surface area contributed by atoms with Crippen LogP contribution >= 0.6 is 11.8 Å². The predicted molar refractivity (Wildman–Crippen MR) is 49.5 cm³/mol. The Kier molecular flexibility index (Phi) is 2.35. The van der Waals surface area contributed by atoms with Gasteiger partial charge in [-0.25, -0.2) is 9.67 Å². The molecule has 1 saturated carbocycles. The number of aromatic nitrogens is 3. The second-order valence-corrected chi connectivity index (χ2v) is 4.46. The van der Waals surface area contributed by atoms with Crippen LogP contribution in [0.2, 0.25) is 0 Å². The third-order valence-electron chi connectivity index (χ3n) is 2.14. The fourth-order valence-electron chi connectivity index (χ4n) is 1.42. The average molecular weight is 197 g/mol. The van der Waals surface area contributed by atoms with E-state index in [0.29, 0.717) is 17.5 Å². The SMILES string of the molecule is Cn1ncnc1SC1CCC(=O)C1. The topological polar surface area (TPSA) is 47.8 Å². The molecule has 0 amide bonds. The van der Waals surface area contributed by atoms with Gasteiger partial charge < -0.3 is 0 Å². The van der Waals surface area contributed by atoms with Crippen molar-refractivity contribution in [1.29, 1.82) is 0 Å². The average Bonchev–Trinajstić information content (AvgIpc) is 2.64. The molecule has 0 spiro atoms. The molecule has 0 aliphatic heterocycles. The van der Waals surface area contributed by atoms with Crippen molar-refractivity contribution in [3.63, 3.8) is 0 Å². The largest absolute Gasteiger partial charge is 0.300 e. The van der Waals surface area contributed by atoms with E-state index in [0.717, 1.165) is 18.0 Å². The monoisotopic (exact) mass is 197 g/mol. The second kappa shape index (κ2) is 3.49. The third-order valence-corrected chi connectivity index (χ3v) is 3.46. The Morgan fingerprint density at radius 3 is 3.08 bits per heavy atom. The molecule has 1 heterocycles. The predicted octanol–water partition coefficient (Wildman–Crippen LogP) is 1.03. The van der Waals surface area contributed by atoms with Gasteiger partial charge in [0, 0.05) is 25.1 Å². The fraction of sp³-hybridized carbons (Fsp3) is 0.625. The first kappa shape index (κ1) is 8.74. The molecule has 0 bridgehead atoms. The number of carbonyl (C=O) groups is 1. The summed E-state index contributed by atoms with van der Waals surface area (Å²) in [6.45, 7) is 0. The summed E-state index contributed by atoms with van der Waals surface area (Å²) >= 11 is 1.66. The van der Waals surface area contributed by atoms with Gasteiger partial charge in [0.1, 0.15) is 12.1 Å². The van der Waals surface area contributed by atoms with Crippen molar-refractivity contribution < 1.29 is 4.79 Å². The molecule has 0 radical (unpaired) electrons. The molecule has 0 saturated heterocycles. The zero-order chi connectivity index (χ0) is 9.26. The van der Waals surface area contributed by atoms with Crippen LogP contribution in [0.1, 0.15) is 19.3 Å². The first-order chi connectivity index (χ1) is 6.25. The minimum Gasteiger partial charge on any atom is -0.300 e. The number of aryl methyl sites for hydroxylation is 1. The highest BCUT2D eigenvalue weighted by Crippen LogP contribution is 2.31. The molecular formula is C8H11N3OS. The van der Waals surface area contributed by atoms with E-state index in [1.54, 1.807) is 22.8 Å². The van der Waals surface area contributed by atoms with Crippen molar-refractivity contribution in [2.45, 2.75) is 29.7 Å². The lowest BCUT2D eigenvalue weighted by Crippen LogP contribution is -2.00. The van der Waals surface area contributed by atoms with Crippen LogP contribution in [-0.2, 0) is 11.8 Å². The lowest BCUT2D eigenvalue weighted by molar-refractivity contribution is -0.117. The van der Waals surface area contributed by atoms with Crippen LogP contribution in [0.4, 0.5) is 0 Å². The first-order valence-electron chi connectivity index (χ1n) is 4.28. The van der Waals surface area contributed by atoms with Crippen LogP contribution in [0.3, 0.4) is 0 Å². The summed E-state index contributed by atoms with van der Waals surface area (Å²) in [5.74, 6) is 0.375. The number of nitrogens with zero attached hydrogens (tertiary/aromatic N) is 3. The second-order valence-electron chi connectivity index (χ2n) is 3.19. The van der Waals surface area contributed by atoms with Crippen LogP contribution in [0.5, 0.6) is 0 Å². The fourth-order valence-corrected chi connectivity index (χ4v) is 2.53. The summed E-state index contributed by atoms with van der Waals surface area (Å²) in [6, 6.07) is 0. The van der Waals surface area contributed by atoms with Crippen molar-refractivity contribution in [2.24, 2.45) is 7.05 Å². The number of hydrogen-bond donors (Lipinski definition) is 0. The Hall–Kier alpha value is -0.840. The van der Waals surface area contributed by atoms with E-state index in [2.05, 4.69) is 10.1 Å². The molecular weight excluding hydrogens is 186 g/mol. The summed E-state index contributed by atoms with van der Waals surface area (Å²) in [7, 11) is 1.87. The van der Waals surface area contributed by atoms with Crippen LogP contribution < -0.4 is 0 Å². The Morgan fingerprint density at radius 2 is 2.54 bits per heavy atom. The summed E-state index contributed by atoms with van der Waals surface area (Å²) < 4.78 is 1.74. The molecule has 2 rings (SSSR count). The molecule has 1 aliphatic rings. The first-order valence-corrected chi connectivity index (χ1v) is 5.16. The van der Waals surface area contributed by atoms with E-state index < -0.39 is 0 Å². The van der Waals surface area contributed by atoms with Crippen LogP contribution in [0, 0.1) is 0 Å². The molecule has 1 aromatic heterocycles. The minimum atomic E-state index is 0.375. The lowest BCUT2D eigenvalue weighted by atomic mass is 10.4. The van der Waals surface area contributed by atoms with Gasteiger partial charge in [-0.3, -0.25) is 4.79 Å². The smallest absolute Gasteiger partial charge is 0.186 e. The van der Waals surface area contributed by atoms with Gasteiger partial charge in [0.2, 0.25) is 0 Å². The van der Waals surface area contributed by atoms with Gasteiger partial charge in [0.05, 0.1) is 0 Å². The van der Waals surface area contributed by atoms with Crippen molar-refractivity contribution in [1.82, 2.24) is 14.8 Å². The van der Waals surface area contributed by atoms with Crippen molar-refractivity contribution in [3.8, 4) is 0 Å². The van der Waals surface area contributed by atoms with Gasteiger partial charge >= 0.3 is 0 Å². The number of Topliss-reactive ketones (excluding diaryl/α,β-unsaturated/α-hetero) is 1. The Morgan fingerprint density at radius 1 is 1.69 bits per heavy atom. The van der Waals surface area contributed by atoms with Crippen LogP contribution in [-0.4, -0.2) is 25.8 Å². The zero-order valence-electron chi connectivity index (χ0n) is 7.43. The number of rotatable bonds is 2. The summed E-state index contributed by atoms with van der Waals surface area (Å²) in [6.07, 6.45) is 3.95. The normalized spacial score (nSPS) is 22.5. The van der Waals surface area contributed by atoms with E-state index >= 15 is 0 Å². The zero-order valence-corrected chi connectivity index (χ0v) is 8.25. The van der Waals surface area contributed by atoms with Gasteiger partial charge in [-0.05, 0) is 6.42 Å². The maximum absolute atomic E-state index is 11.0. The molecule has 1 unspecified atom stereocenters. The van der Waals surface area contributed by atoms with Crippen LogP contribution in [0.25, 0.3) is 0 Å². The molecule has 13 heavy (non-hydrogen) atoms. The number of carbonyl (C=O) groups excluding carboxylic acids is 1. The van der Waals surface area contributed by atoms with E-state index in [9.17, 15) is 4.79 Å². The summed E-state index contributed by atoms with van der Waals surface area (Å²) in [5, 5.41) is 5.29. The van der Waals surface area contributed by atoms with Crippen LogP contribution in [0.15, 0.2) is 11.5 Å². The molecule has 0 aromatic carbocycles. The molecule has 70 valence electrons.